The maximum Gasteiger partial charge on any atom is 0.129 e. The molecule has 0 aliphatic carbocycles. The van der Waals surface area contributed by atoms with Crippen LogP contribution in [0, 0.1) is 11.5 Å². The van der Waals surface area contributed by atoms with E-state index in [4.69, 9.17) is 0 Å². The third kappa shape index (κ3) is 15.8. The molecule has 0 bridgehead atoms. The maximum absolute atomic E-state index is 3.44. The van der Waals surface area contributed by atoms with Crippen molar-refractivity contribution in [1.29, 1.82) is 0 Å². The molecule has 0 fully saturated rings. The lowest BCUT2D eigenvalue weighted by atomic mass is 10.1. The highest BCUT2D eigenvalue weighted by atomic mass is 28.3. The van der Waals surface area contributed by atoms with Gasteiger partial charge in [0.15, 0.2) is 0 Å². The minimum absolute atomic E-state index is 1.12. The first kappa shape index (κ1) is 17.8. The Kier molecular flexibility index (Phi) is 11.7. The predicted octanol–water partition coefficient (Wildman–Crippen LogP) is 6.18. The summed E-state index contributed by atoms with van der Waals surface area (Å²) in [5.41, 5.74) is 3.44. The zero-order chi connectivity index (χ0) is 13.7. The number of unbranched alkanes of at least 4 members (excludes halogenated alkanes) is 10. The first-order valence-electron chi connectivity index (χ1n) is 8.06. The van der Waals surface area contributed by atoms with Crippen LogP contribution in [0.1, 0.15) is 77.6 Å². The molecule has 0 nitrogen and oxygen atoms in total. The molecule has 0 atom stereocenters. The topological polar surface area (TPSA) is 0 Å². The highest BCUT2D eigenvalue weighted by Gasteiger charge is 2.06. The van der Waals surface area contributed by atoms with Crippen LogP contribution >= 0.6 is 0 Å². The van der Waals surface area contributed by atoms with Gasteiger partial charge in [-0.1, -0.05) is 84.4 Å². The fraction of sp³-hybridized carbons (Fsp3) is 0.882. The average Bonchev–Trinajstić information content (AvgIpc) is 2.29. The van der Waals surface area contributed by atoms with Crippen LogP contribution in [0.25, 0.3) is 0 Å². The Morgan fingerprint density at radius 2 is 1.11 bits per heavy atom. The van der Waals surface area contributed by atoms with Gasteiger partial charge in [-0.2, -0.15) is 0 Å². The van der Waals surface area contributed by atoms with Crippen LogP contribution in [0.2, 0.25) is 19.6 Å². The first-order valence-corrected chi connectivity index (χ1v) is 11.6. The van der Waals surface area contributed by atoms with Gasteiger partial charge in [-0.05, 0) is 6.42 Å². The number of rotatable bonds is 10. The van der Waals surface area contributed by atoms with Crippen molar-refractivity contribution in [3.05, 3.63) is 0 Å². The molecule has 1 heteroatoms. The molecule has 0 saturated heterocycles. The Morgan fingerprint density at radius 3 is 1.56 bits per heavy atom. The molecule has 0 saturated carbocycles. The zero-order valence-electron chi connectivity index (χ0n) is 13.3. The van der Waals surface area contributed by atoms with Crippen LogP contribution in [-0.4, -0.2) is 8.07 Å². The molecular weight excluding hydrogens is 232 g/mol. The van der Waals surface area contributed by atoms with Crippen molar-refractivity contribution in [3.63, 3.8) is 0 Å². The van der Waals surface area contributed by atoms with Gasteiger partial charge in [0, 0.05) is 6.42 Å². The summed E-state index contributed by atoms with van der Waals surface area (Å²) in [5.74, 6) is 3.36. The standard InChI is InChI=1S/C17H34Si/c1-5-6-7-8-9-10-11-12-13-14-15-16-17-18(2,3)4/h5-15H2,1-4H3. The Balaban J connectivity index is 3.14. The van der Waals surface area contributed by atoms with E-state index in [9.17, 15) is 0 Å². The van der Waals surface area contributed by atoms with Gasteiger partial charge in [-0.15, -0.1) is 11.5 Å². The molecule has 0 N–H and O–H groups in total. The van der Waals surface area contributed by atoms with Crippen LogP contribution in [0.3, 0.4) is 0 Å². The van der Waals surface area contributed by atoms with Gasteiger partial charge in [0.2, 0.25) is 0 Å². The van der Waals surface area contributed by atoms with Crippen molar-refractivity contribution in [2.24, 2.45) is 0 Å². The van der Waals surface area contributed by atoms with Gasteiger partial charge >= 0.3 is 0 Å². The van der Waals surface area contributed by atoms with Gasteiger partial charge in [0.1, 0.15) is 8.07 Å². The van der Waals surface area contributed by atoms with E-state index < -0.39 is 8.07 Å². The van der Waals surface area contributed by atoms with E-state index in [0.29, 0.717) is 0 Å². The summed E-state index contributed by atoms with van der Waals surface area (Å²) in [4.78, 5) is 0. The molecule has 0 unspecified atom stereocenters. The molecule has 0 amide bonds. The fourth-order valence-electron chi connectivity index (χ4n) is 2.03. The summed E-state index contributed by atoms with van der Waals surface area (Å²) in [6.45, 7) is 9.24. The molecular formula is C17H34Si. The summed E-state index contributed by atoms with van der Waals surface area (Å²) in [6, 6.07) is 0. The average molecular weight is 267 g/mol. The molecule has 0 aromatic carbocycles. The monoisotopic (exact) mass is 266 g/mol. The molecule has 0 radical (unpaired) electrons. The van der Waals surface area contributed by atoms with Crippen LogP contribution in [0.5, 0.6) is 0 Å². The van der Waals surface area contributed by atoms with E-state index in [-0.39, 0.29) is 0 Å². The van der Waals surface area contributed by atoms with Gasteiger partial charge in [0.05, 0.1) is 0 Å². The molecule has 0 aliphatic rings. The lowest BCUT2D eigenvalue weighted by molar-refractivity contribution is 0.558. The molecule has 0 spiro atoms. The Labute approximate surface area is 117 Å². The minimum atomic E-state index is -1.12. The smallest absolute Gasteiger partial charge is 0.129 e. The molecule has 0 aromatic rings. The van der Waals surface area contributed by atoms with Gasteiger partial charge in [0.25, 0.3) is 0 Å². The molecule has 106 valence electrons. The van der Waals surface area contributed by atoms with Crippen LogP contribution in [0.4, 0.5) is 0 Å². The van der Waals surface area contributed by atoms with Crippen molar-refractivity contribution in [1.82, 2.24) is 0 Å². The first-order chi connectivity index (χ1) is 8.56. The van der Waals surface area contributed by atoms with E-state index >= 15 is 0 Å². The Hall–Kier alpha value is -0.223. The highest BCUT2D eigenvalue weighted by Crippen LogP contribution is 2.11. The van der Waals surface area contributed by atoms with E-state index in [1.54, 1.807) is 0 Å². The summed E-state index contributed by atoms with van der Waals surface area (Å²) in [6.07, 6.45) is 15.3. The second-order valence-electron chi connectivity index (χ2n) is 6.48. The SMILES string of the molecule is CCCCCCCCCCCCC#C[Si](C)(C)C. The molecule has 0 heterocycles. The van der Waals surface area contributed by atoms with E-state index in [1.807, 2.05) is 0 Å². The lowest BCUT2D eigenvalue weighted by Crippen LogP contribution is -2.16. The lowest BCUT2D eigenvalue weighted by Gasteiger charge is -2.03. The third-order valence-electron chi connectivity index (χ3n) is 3.12. The van der Waals surface area contributed by atoms with Crippen molar-refractivity contribution in [2.45, 2.75) is 97.2 Å². The second kappa shape index (κ2) is 11.8. The summed E-state index contributed by atoms with van der Waals surface area (Å²) in [5, 5.41) is 0. The van der Waals surface area contributed by atoms with Crippen molar-refractivity contribution in [3.8, 4) is 11.5 Å². The Morgan fingerprint density at radius 1 is 0.667 bits per heavy atom. The van der Waals surface area contributed by atoms with Crippen LogP contribution in [0.15, 0.2) is 0 Å². The quantitative estimate of drug-likeness (QED) is 0.252. The van der Waals surface area contributed by atoms with Crippen molar-refractivity contribution >= 4 is 8.07 Å². The number of hydrogen-bond donors (Lipinski definition) is 0. The highest BCUT2D eigenvalue weighted by molar-refractivity contribution is 6.83. The molecule has 0 aromatic heterocycles. The summed E-state index contributed by atoms with van der Waals surface area (Å²) < 4.78 is 0. The maximum atomic E-state index is 3.44. The van der Waals surface area contributed by atoms with Gasteiger partial charge in [-0.25, -0.2) is 0 Å². The molecule has 18 heavy (non-hydrogen) atoms. The predicted molar refractivity (Wildman–Crippen MR) is 87.6 cm³/mol. The van der Waals surface area contributed by atoms with E-state index in [1.165, 1.54) is 64.2 Å². The summed E-state index contributed by atoms with van der Waals surface area (Å²) >= 11 is 0. The van der Waals surface area contributed by atoms with Gasteiger partial charge < -0.3 is 0 Å². The number of hydrogen-bond acceptors (Lipinski definition) is 0. The minimum Gasteiger partial charge on any atom is -0.132 e. The van der Waals surface area contributed by atoms with E-state index in [0.717, 1.165) is 6.42 Å². The third-order valence-corrected chi connectivity index (χ3v) is 4.05. The van der Waals surface area contributed by atoms with Crippen LogP contribution in [-0.2, 0) is 0 Å². The fourth-order valence-corrected chi connectivity index (χ4v) is 2.68. The van der Waals surface area contributed by atoms with Crippen molar-refractivity contribution < 1.29 is 0 Å². The van der Waals surface area contributed by atoms with E-state index in [2.05, 4.69) is 38.0 Å². The van der Waals surface area contributed by atoms with Gasteiger partial charge in [-0.3, -0.25) is 0 Å². The Bertz CT molecular complexity index is 226. The second-order valence-corrected chi connectivity index (χ2v) is 11.2. The molecule has 0 aliphatic heterocycles. The molecule has 0 rings (SSSR count). The summed E-state index contributed by atoms with van der Waals surface area (Å²) in [7, 11) is -1.12. The van der Waals surface area contributed by atoms with Crippen molar-refractivity contribution in [2.75, 3.05) is 0 Å². The van der Waals surface area contributed by atoms with Crippen LogP contribution < -0.4 is 0 Å². The largest absolute Gasteiger partial charge is 0.132 e. The zero-order valence-corrected chi connectivity index (χ0v) is 14.3. The normalized spacial score (nSPS) is 11.1.